The number of anilines is 2. The molecule has 5 nitrogen and oxygen atoms in total. The summed E-state index contributed by atoms with van der Waals surface area (Å²) in [6, 6.07) is 9.43. The highest BCUT2D eigenvalue weighted by Gasteiger charge is 2.05. The lowest BCUT2D eigenvalue weighted by molar-refractivity contribution is 0.628. The zero-order valence-electron chi connectivity index (χ0n) is 10.7. The molecule has 0 aliphatic rings. The molecule has 0 amide bonds. The van der Waals surface area contributed by atoms with Crippen molar-refractivity contribution in [1.29, 1.82) is 0 Å². The summed E-state index contributed by atoms with van der Waals surface area (Å²) in [5.41, 5.74) is 1.28. The van der Waals surface area contributed by atoms with E-state index in [0.717, 1.165) is 5.56 Å². The third kappa shape index (κ3) is 3.29. The predicted octanol–water partition coefficient (Wildman–Crippen LogP) is 3.47. The second-order valence-corrected chi connectivity index (χ2v) is 4.52. The Morgan fingerprint density at radius 3 is 2.76 bits per heavy atom. The molecule has 3 rings (SSSR count). The first-order valence-electron chi connectivity index (χ1n) is 6.04. The maximum Gasteiger partial charge on any atom is 0.230 e. The summed E-state index contributed by atoms with van der Waals surface area (Å²) in [4.78, 5) is 16.3. The van der Waals surface area contributed by atoms with Gasteiger partial charge in [-0.1, -0.05) is 17.7 Å². The van der Waals surface area contributed by atoms with Gasteiger partial charge in [0.25, 0.3) is 0 Å². The van der Waals surface area contributed by atoms with Crippen molar-refractivity contribution < 1.29 is 4.39 Å². The molecule has 0 radical (unpaired) electrons. The van der Waals surface area contributed by atoms with Crippen LogP contribution < -0.4 is 5.32 Å². The highest BCUT2D eigenvalue weighted by molar-refractivity contribution is 6.29. The van der Waals surface area contributed by atoms with E-state index in [4.69, 9.17) is 11.6 Å². The molecule has 1 N–H and O–H groups in total. The number of aromatic nitrogens is 4. The van der Waals surface area contributed by atoms with E-state index in [9.17, 15) is 4.39 Å². The van der Waals surface area contributed by atoms with Crippen LogP contribution in [0.1, 0.15) is 0 Å². The van der Waals surface area contributed by atoms with Crippen molar-refractivity contribution in [1.82, 2.24) is 19.9 Å². The standard InChI is InChI=1S/C14H9ClFN5/c15-12-6-9(4-5-17-12)13-18-8-19-14(21-13)20-11-3-1-2-10(16)7-11/h1-8H,(H,18,19,20,21). The molecule has 0 atom stereocenters. The quantitative estimate of drug-likeness (QED) is 0.750. The molecule has 3 aromatic rings. The summed E-state index contributed by atoms with van der Waals surface area (Å²) >= 11 is 5.84. The van der Waals surface area contributed by atoms with Crippen LogP contribution >= 0.6 is 11.6 Å². The number of nitrogens with zero attached hydrogens (tertiary/aromatic N) is 4. The summed E-state index contributed by atoms with van der Waals surface area (Å²) in [6.45, 7) is 0. The maximum absolute atomic E-state index is 13.1. The average molecular weight is 302 g/mol. The number of rotatable bonds is 3. The monoisotopic (exact) mass is 301 g/mol. The van der Waals surface area contributed by atoms with E-state index >= 15 is 0 Å². The Balaban J connectivity index is 1.90. The zero-order chi connectivity index (χ0) is 14.7. The van der Waals surface area contributed by atoms with E-state index in [2.05, 4.69) is 25.3 Å². The number of halogens is 2. The molecule has 0 spiro atoms. The minimum Gasteiger partial charge on any atom is -0.324 e. The van der Waals surface area contributed by atoms with Crippen LogP contribution in [0.15, 0.2) is 48.9 Å². The number of benzene rings is 1. The van der Waals surface area contributed by atoms with Crippen LogP contribution in [-0.2, 0) is 0 Å². The second-order valence-electron chi connectivity index (χ2n) is 4.14. The molecule has 0 unspecified atom stereocenters. The molecule has 7 heteroatoms. The topological polar surface area (TPSA) is 63.6 Å². The van der Waals surface area contributed by atoms with E-state index in [0.29, 0.717) is 22.6 Å². The highest BCUT2D eigenvalue weighted by Crippen LogP contribution is 2.19. The summed E-state index contributed by atoms with van der Waals surface area (Å²) < 4.78 is 13.1. The predicted molar refractivity (Wildman–Crippen MR) is 77.8 cm³/mol. The molecular weight excluding hydrogens is 293 g/mol. The van der Waals surface area contributed by atoms with Gasteiger partial charge >= 0.3 is 0 Å². The molecule has 0 fully saturated rings. The van der Waals surface area contributed by atoms with Gasteiger partial charge in [0.2, 0.25) is 5.95 Å². The summed E-state index contributed by atoms with van der Waals surface area (Å²) in [6.07, 6.45) is 2.94. The molecule has 0 bridgehead atoms. The molecule has 0 saturated heterocycles. The maximum atomic E-state index is 13.1. The third-order valence-electron chi connectivity index (χ3n) is 2.64. The largest absolute Gasteiger partial charge is 0.324 e. The van der Waals surface area contributed by atoms with Crippen LogP contribution in [0, 0.1) is 5.82 Å². The molecule has 104 valence electrons. The van der Waals surface area contributed by atoms with Gasteiger partial charge < -0.3 is 5.32 Å². The fraction of sp³-hybridized carbons (Fsp3) is 0. The Morgan fingerprint density at radius 1 is 1.05 bits per heavy atom. The van der Waals surface area contributed by atoms with E-state index in [1.807, 2.05) is 0 Å². The van der Waals surface area contributed by atoms with Gasteiger partial charge in [-0.05, 0) is 30.3 Å². The molecule has 21 heavy (non-hydrogen) atoms. The normalized spacial score (nSPS) is 10.4. The Labute approximate surface area is 124 Å². The van der Waals surface area contributed by atoms with Gasteiger partial charge in [-0.3, -0.25) is 0 Å². The van der Waals surface area contributed by atoms with Gasteiger partial charge in [0.1, 0.15) is 17.3 Å². The third-order valence-corrected chi connectivity index (χ3v) is 2.84. The van der Waals surface area contributed by atoms with Crippen LogP contribution in [0.4, 0.5) is 16.0 Å². The first kappa shape index (κ1) is 13.4. The summed E-state index contributed by atoms with van der Waals surface area (Å²) in [7, 11) is 0. The fourth-order valence-electron chi connectivity index (χ4n) is 1.73. The van der Waals surface area contributed by atoms with Gasteiger partial charge in [0.05, 0.1) is 0 Å². The van der Waals surface area contributed by atoms with E-state index < -0.39 is 0 Å². The molecule has 0 aliphatic carbocycles. The summed E-state index contributed by atoms with van der Waals surface area (Å²) in [5, 5.41) is 3.27. The van der Waals surface area contributed by atoms with Gasteiger partial charge in [-0.25, -0.2) is 19.3 Å². The minimum atomic E-state index is -0.338. The second kappa shape index (κ2) is 5.80. The van der Waals surface area contributed by atoms with Gasteiger partial charge in [0, 0.05) is 17.4 Å². The first-order valence-corrected chi connectivity index (χ1v) is 6.42. The van der Waals surface area contributed by atoms with Crippen molar-refractivity contribution in [2.45, 2.75) is 0 Å². The van der Waals surface area contributed by atoms with Crippen molar-refractivity contribution in [3.8, 4) is 11.4 Å². The minimum absolute atomic E-state index is 0.318. The van der Waals surface area contributed by atoms with Crippen LogP contribution in [0.25, 0.3) is 11.4 Å². The number of pyridine rings is 1. The molecule has 2 heterocycles. The van der Waals surface area contributed by atoms with Gasteiger partial charge in [0.15, 0.2) is 5.82 Å². The first-order chi connectivity index (χ1) is 10.2. The van der Waals surface area contributed by atoms with Crippen LogP contribution in [-0.4, -0.2) is 19.9 Å². The van der Waals surface area contributed by atoms with Gasteiger partial charge in [-0.2, -0.15) is 4.98 Å². The van der Waals surface area contributed by atoms with E-state index in [1.54, 1.807) is 30.5 Å². The number of nitrogens with one attached hydrogen (secondary N) is 1. The Morgan fingerprint density at radius 2 is 1.95 bits per heavy atom. The Kier molecular flexibility index (Phi) is 3.70. The summed E-state index contributed by atoms with van der Waals surface area (Å²) in [5.74, 6) is 0.432. The van der Waals surface area contributed by atoms with E-state index in [1.165, 1.54) is 18.5 Å². The average Bonchev–Trinajstić information content (AvgIpc) is 2.47. The lowest BCUT2D eigenvalue weighted by Crippen LogP contribution is -2.00. The molecule has 1 aromatic carbocycles. The van der Waals surface area contributed by atoms with Crippen LogP contribution in [0.2, 0.25) is 5.15 Å². The van der Waals surface area contributed by atoms with E-state index in [-0.39, 0.29) is 5.82 Å². The Bertz CT molecular complexity index is 781. The molecule has 0 saturated carbocycles. The highest BCUT2D eigenvalue weighted by atomic mass is 35.5. The lowest BCUT2D eigenvalue weighted by atomic mass is 10.2. The van der Waals surface area contributed by atoms with Crippen molar-refractivity contribution in [2.24, 2.45) is 0 Å². The van der Waals surface area contributed by atoms with Gasteiger partial charge in [-0.15, -0.1) is 0 Å². The number of hydrogen-bond donors (Lipinski definition) is 1. The molecule has 2 aromatic heterocycles. The van der Waals surface area contributed by atoms with Crippen molar-refractivity contribution >= 4 is 23.2 Å². The van der Waals surface area contributed by atoms with Crippen molar-refractivity contribution in [3.63, 3.8) is 0 Å². The lowest BCUT2D eigenvalue weighted by Gasteiger charge is -2.06. The smallest absolute Gasteiger partial charge is 0.230 e. The molecular formula is C14H9ClFN5. The van der Waals surface area contributed by atoms with Crippen molar-refractivity contribution in [3.05, 3.63) is 59.9 Å². The SMILES string of the molecule is Fc1cccc(Nc2ncnc(-c3ccnc(Cl)c3)n2)c1. The zero-order valence-corrected chi connectivity index (χ0v) is 11.4. The van der Waals surface area contributed by atoms with Crippen LogP contribution in [0.5, 0.6) is 0 Å². The number of hydrogen-bond acceptors (Lipinski definition) is 5. The fourth-order valence-corrected chi connectivity index (χ4v) is 1.91. The molecule has 0 aliphatic heterocycles. The van der Waals surface area contributed by atoms with Crippen LogP contribution in [0.3, 0.4) is 0 Å². The Hall–Kier alpha value is -2.60. The van der Waals surface area contributed by atoms with Crippen molar-refractivity contribution in [2.75, 3.05) is 5.32 Å².